The molecule has 0 aromatic heterocycles. The Morgan fingerprint density at radius 1 is 1.17 bits per heavy atom. The molecule has 0 saturated carbocycles. The molecule has 1 aliphatic heterocycles. The van der Waals surface area contributed by atoms with E-state index in [4.69, 9.17) is 39.5 Å². The number of esters is 1. The Bertz CT molecular complexity index is 846. The number of allylic oxidation sites excluding steroid dienone is 1. The largest absolute Gasteiger partial charge is 0.454 e. The molecule has 1 aromatic carbocycles. The van der Waals surface area contributed by atoms with Crippen molar-refractivity contribution in [2.24, 2.45) is 0 Å². The maximum absolute atomic E-state index is 12.3. The number of carbonyl (C=O) groups excluding carboxylic acids is 3. The van der Waals surface area contributed by atoms with E-state index in [0.29, 0.717) is 18.9 Å². The average Bonchev–Trinajstić information content (AvgIpc) is 3.10. The number of alkyl halides is 3. The molecule has 1 aromatic rings. The Balaban J connectivity index is 1.91. The highest BCUT2D eigenvalue weighted by Crippen LogP contribution is 2.32. The van der Waals surface area contributed by atoms with Crippen molar-refractivity contribution < 1.29 is 32.3 Å². The van der Waals surface area contributed by atoms with Crippen LogP contribution in [0.3, 0.4) is 0 Å². The van der Waals surface area contributed by atoms with E-state index in [0.717, 1.165) is 6.20 Å². The van der Waals surface area contributed by atoms with Crippen molar-refractivity contribution in [2.75, 3.05) is 18.5 Å². The van der Waals surface area contributed by atoms with Crippen molar-refractivity contribution in [3.05, 3.63) is 39.5 Å². The van der Waals surface area contributed by atoms with Crippen LogP contribution in [0.5, 0.6) is 0 Å². The molecule has 1 fully saturated rings. The Morgan fingerprint density at radius 2 is 1.83 bits per heavy atom. The van der Waals surface area contributed by atoms with Crippen LogP contribution in [0.2, 0.25) is 15.1 Å². The summed E-state index contributed by atoms with van der Waals surface area (Å²) in [5.74, 6) is -3.54. The minimum Gasteiger partial charge on any atom is -0.454 e. The number of nitrogens with zero attached hydrogens (tertiary/aromatic N) is 1. The number of hydrogen-bond acceptors (Lipinski definition) is 5. The first-order valence-corrected chi connectivity index (χ1v) is 9.28. The van der Waals surface area contributed by atoms with Crippen LogP contribution in [0, 0.1) is 0 Å². The third-order valence-electron chi connectivity index (χ3n) is 3.89. The third-order valence-corrected chi connectivity index (χ3v) is 4.93. The lowest BCUT2D eigenvalue weighted by molar-refractivity contribution is -0.165. The number of benzene rings is 1. The van der Waals surface area contributed by atoms with E-state index in [1.165, 1.54) is 17.0 Å². The van der Waals surface area contributed by atoms with E-state index in [1.807, 2.05) is 0 Å². The lowest BCUT2D eigenvalue weighted by atomic mass is 10.2. The lowest BCUT2D eigenvalue weighted by Gasteiger charge is -2.21. The standard InChI is InChI=1S/C17H14Cl3F3N2O4/c18-9-6-11(20)12(7-10(9)19)24-15(27)8-29-16(28)13-2-1-4-25(13)5-3-14(26)17(21,22)23/h3,5-7,13H,1-2,4,8H2,(H,24,27)/b5-3+/t13-/m0/s1. The van der Waals surface area contributed by atoms with Crippen molar-refractivity contribution in [2.45, 2.75) is 25.1 Å². The lowest BCUT2D eigenvalue weighted by Crippen LogP contribution is -2.35. The van der Waals surface area contributed by atoms with Crippen LogP contribution in [0.1, 0.15) is 12.8 Å². The quantitative estimate of drug-likeness (QED) is 0.380. The Kier molecular flexibility index (Phi) is 7.79. The van der Waals surface area contributed by atoms with Gasteiger partial charge in [-0.25, -0.2) is 4.79 Å². The minimum atomic E-state index is -4.99. The van der Waals surface area contributed by atoms with Crippen LogP contribution < -0.4 is 5.32 Å². The summed E-state index contributed by atoms with van der Waals surface area (Å²) in [7, 11) is 0. The van der Waals surface area contributed by atoms with Gasteiger partial charge in [0.15, 0.2) is 6.61 Å². The highest BCUT2D eigenvalue weighted by molar-refractivity contribution is 6.44. The molecule has 1 saturated heterocycles. The fourth-order valence-electron chi connectivity index (χ4n) is 2.52. The number of nitrogens with one attached hydrogen (secondary N) is 1. The number of ketones is 1. The molecule has 0 aliphatic carbocycles. The predicted octanol–water partition coefficient (Wildman–Crippen LogP) is 4.24. The second-order valence-corrected chi connectivity index (χ2v) is 7.20. The van der Waals surface area contributed by atoms with Crippen molar-refractivity contribution in [1.29, 1.82) is 0 Å². The van der Waals surface area contributed by atoms with Gasteiger partial charge in [-0.05, 0) is 25.0 Å². The van der Waals surface area contributed by atoms with E-state index < -0.39 is 36.5 Å². The number of halogens is 6. The van der Waals surface area contributed by atoms with Gasteiger partial charge in [-0.2, -0.15) is 13.2 Å². The van der Waals surface area contributed by atoms with Crippen LogP contribution in [-0.2, 0) is 19.1 Å². The first-order valence-electron chi connectivity index (χ1n) is 8.15. The number of anilines is 1. The zero-order chi connectivity index (χ0) is 21.8. The fourth-order valence-corrected chi connectivity index (χ4v) is 3.11. The Morgan fingerprint density at radius 3 is 2.48 bits per heavy atom. The highest BCUT2D eigenvalue weighted by Gasteiger charge is 2.37. The second kappa shape index (κ2) is 9.69. The van der Waals surface area contributed by atoms with Gasteiger partial charge in [0, 0.05) is 18.8 Å². The van der Waals surface area contributed by atoms with Crippen LogP contribution in [0.15, 0.2) is 24.4 Å². The molecular formula is C17H14Cl3F3N2O4. The van der Waals surface area contributed by atoms with E-state index in [2.05, 4.69) is 5.32 Å². The van der Waals surface area contributed by atoms with Gasteiger partial charge >= 0.3 is 12.1 Å². The topological polar surface area (TPSA) is 75.7 Å². The highest BCUT2D eigenvalue weighted by atomic mass is 35.5. The minimum absolute atomic E-state index is 0.125. The third kappa shape index (κ3) is 6.52. The van der Waals surface area contributed by atoms with Gasteiger partial charge < -0.3 is 15.0 Å². The fraction of sp³-hybridized carbons (Fsp3) is 0.353. The van der Waals surface area contributed by atoms with E-state index in [-0.39, 0.29) is 27.3 Å². The van der Waals surface area contributed by atoms with Crippen LogP contribution in [0.25, 0.3) is 0 Å². The van der Waals surface area contributed by atoms with E-state index >= 15 is 0 Å². The summed E-state index contributed by atoms with van der Waals surface area (Å²) < 4.78 is 41.7. The molecule has 158 valence electrons. The van der Waals surface area contributed by atoms with Crippen molar-refractivity contribution in [3.8, 4) is 0 Å². The van der Waals surface area contributed by atoms with Gasteiger partial charge in [-0.15, -0.1) is 0 Å². The molecule has 1 N–H and O–H groups in total. The second-order valence-electron chi connectivity index (χ2n) is 5.98. The van der Waals surface area contributed by atoms with Gasteiger partial charge in [0.1, 0.15) is 6.04 Å². The van der Waals surface area contributed by atoms with Crippen LogP contribution in [-0.4, -0.2) is 47.9 Å². The summed E-state index contributed by atoms with van der Waals surface area (Å²) >= 11 is 17.6. The SMILES string of the molecule is O=C(COC(=O)[C@@H]1CCCN1/C=C/C(=O)C(F)(F)F)Nc1cc(Cl)c(Cl)cc1Cl. The first-order chi connectivity index (χ1) is 13.5. The summed E-state index contributed by atoms with van der Waals surface area (Å²) in [5.41, 5.74) is 0.165. The van der Waals surface area contributed by atoms with Gasteiger partial charge in [0.2, 0.25) is 0 Å². The van der Waals surface area contributed by atoms with Gasteiger partial charge in [-0.3, -0.25) is 9.59 Å². The summed E-state index contributed by atoms with van der Waals surface area (Å²) in [6.07, 6.45) is -2.91. The molecule has 0 unspecified atom stereocenters. The zero-order valence-electron chi connectivity index (χ0n) is 14.6. The summed E-state index contributed by atoms with van der Waals surface area (Å²) in [5, 5.41) is 2.88. The normalized spacial score (nSPS) is 16.9. The molecule has 1 heterocycles. The van der Waals surface area contributed by atoms with Gasteiger partial charge in [0.05, 0.1) is 20.8 Å². The smallest absolute Gasteiger partial charge is 0.454 e. The summed E-state index contributed by atoms with van der Waals surface area (Å²) in [4.78, 5) is 36.3. The molecule has 0 radical (unpaired) electrons. The molecule has 2 rings (SSSR count). The molecule has 0 bridgehead atoms. The Hall–Kier alpha value is -1.97. The Labute approximate surface area is 178 Å². The van der Waals surface area contributed by atoms with Gasteiger partial charge in [-0.1, -0.05) is 34.8 Å². The molecule has 12 heteroatoms. The predicted molar refractivity (Wildman–Crippen MR) is 101 cm³/mol. The molecule has 29 heavy (non-hydrogen) atoms. The molecule has 1 amide bonds. The maximum Gasteiger partial charge on any atom is 0.454 e. The number of hydrogen-bond donors (Lipinski definition) is 1. The number of ether oxygens (including phenoxy) is 1. The number of likely N-dealkylation sites (tertiary alicyclic amines) is 1. The van der Waals surface area contributed by atoms with E-state index in [9.17, 15) is 27.6 Å². The number of rotatable bonds is 6. The maximum atomic E-state index is 12.3. The van der Waals surface area contributed by atoms with Crippen molar-refractivity contribution in [3.63, 3.8) is 0 Å². The first kappa shape index (κ1) is 23.3. The van der Waals surface area contributed by atoms with E-state index in [1.54, 1.807) is 0 Å². The molecular weight excluding hydrogens is 460 g/mol. The van der Waals surface area contributed by atoms with Crippen LogP contribution in [0.4, 0.5) is 18.9 Å². The molecule has 1 aliphatic rings. The van der Waals surface area contributed by atoms with Gasteiger partial charge in [0.25, 0.3) is 11.7 Å². The summed E-state index contributed by atoms with van der Waals surface area (Å²) in [6, 6.07) is 1.76. The molecule has 1 atom stereocenters. The molecule has 0 spiro atoms. The number of carbonyl (C=O) groups is 3. The van der Waals surface area contributed by atoms with Crippen molar-refractivity contribution in [1.82, 2.24) is 4.90 Å². The molecule has 6 nitrogen and oxygen atoms in total. The van der Waals surface area contributed by atoms with Crippen LogP contribution >= 0.6 is 34.8 Å². The summed E-state index contributed by atoms with van der Waals surface area (Å²) in [6.45, 7) is -0.378. The average molecular weight is 474 g/mol. The number of amides is 1. The van der Waals surface area contributed by atoms with Crippen molar-refractivity contribution >= 4 is 58.1 Å². The monoisotopic (exact) mass is 472 g/mol. The zero-order valence-corrected chi connectivity index (χ0v) is 16.8.